The third-order valence-corrected chi connectivity index (χ3v) is 9.59. The fourth-order valence-corrected chi connectivity index (χ4v) is 6.31. The predicted octanol–water partition coefficient (Wildman–Crippen LogP) is 4.18. The molecule has 1 amide bonds. The van der Waals surface area contributed by atoms with Gasteiger partial charge in [-0.05, 0) is 63.1 Å². The predicted molar refractivity (Wildman–Crippen MR) is 147 cm³/mol. The zero-order valence-electron chi connectivity index (χ0n) is 21.7. The summed E-state index contributed by atoms with van der Waals surface area (Å²) in [7, 11) is -3.35. The lowest BCUT2D eigenvalue weighted by Gasteiger charge is -2.27. The van der Waals surface area contributed by atoms with Gasteiger partial charge in [0.15, 0.2) is 15.0 Å². The van der Waals surface area contributed by atoms with E-state index in [1.54, 1.807) is 43.0 Å². The van der Waals surface area contributed by atoms with Gasteiger partial charge in [-0.15, -0.1) is 0 Å². The Balaban J connectivity index is 1.53. The number of hydrogen-bond donors (Lipinski definition) is 0. The molecule has 0 atom stereocenters. The molecule has 0 aliphatic carbocycles. The van der Waals surface area contributed by atoms with Crippen LogP contribution in [0.25, 0.3) is 10.2 Å². The van der Waals surface area contributed by atoms with Gasteiger partial charge in [0, 0.05) is 26.2 Å². The standard InChI is InChI=1S/C27H35N3O5S2/c1-4-35-22-8-11-24-25(19-22)36-27(28-24)30(13-5-12-29-14-16-34-17-15-29)26(31)18-21-6-9-23(10-7-21)37(32,33)20(2)3/h6-11,19-20H,4-5,12-18H2,1-3H3. The van der Waals surface area contributed by atoms with Crippen LogP contribution in [0.1, 0.15) is 32.8 Å². The second kappa shape index (κ2) is 12.3. The summed E-state index contributed by atoms with van der Waals surface area (Å²) in [5, 5.41) is 0.166. The number of benzene rings is 2. The van der Waals surface area contributed by atoms with Crippen LogP contribution in [0.15, 0.2) is 47.4 Å². The number of morpholine rings is 1. The van der Waals surface area contributed by atoms with E-state index < -0.39 is 15.1 Å². The Kier molecular flexibility index (Phi) is 9.17. The van der Waals surface area contributed by atoms with Crippen molar-refractivity contribution in [2.24, 2.45) is 0 Å². The van der Waals surface area contributed by atoms with Crippen molar-refractivity contribution >= 4 is 42.4 Å². The summed E-state index contributed by atoms with van der Waals surface area (Å²) in [5.41, 5.74) is 1.60. The van der Waals surface area contributed by atoms with Crippen LogP contribution < -0.4 is 9.64 Å². The lowest BCUT2D eigenvalue weighted by Crippen LogP contribution is -2.39. The van der Waals surface area contributed by atoms with Gasteiger partial charge in [0.05, 0.1) is 46.6 Å². The Morgan fingerprint density at radius 1 is 1.16 bits per heavy atom. The normalized spacial score (nSPS) is 14.8. The molecule has 200 valence electrons. The van der Waals surface area contributed by atoms with Gasteiger partial charge >= 0.3 is 0 Å². The number of carbonyl (C=O) groups is 1. The van der Waals surface area contributed by atoms with Crippen molar-refractivity contribution in [2.45, 2.75) is 43.8 Å². The van der Waals surface area contributed by atoms with Crippen molar-refractivity contribution in [3.8, 4) is 5.75 Å². The van der Waals surface area contributed by atoms with Crippen LogP contribution in [0.4, 0.5) is 5.13 Å². The Morgan fingerprint density at radius 3 is 2.57 bits per heavy atom. The van der Waals surface area contributed by atoms with Crippen molar-refractivity contribution in [1.29, 1.82) is 0 Å². The Morgan fingerprint density at radius 2 is 1.89 bits per heavy atom. The van der Waals surface area contributed by atoms with Gasteiger partial charge in [-0.2, -0.15) is 0 Å². The fraction of sp³-hybridized carbons (Fsp3) is 0.481. The largest absolute Gasteiger partial charge is 0.494 e. The summed E-state index contributed by atoms with van der Waals surface area (Å²) >= 11 is 1.48. The minimum Gasteiger partial charge on any atom is -0.494 e. The highest BCUT2D eigenvalue weighted by atomic mass is 32.2. The van der Waals surface area contributed by atoms with Gasteiger partial charge in [0.2, 0.25) is 5.91 Å². The fourth-order valence-electron chi connectivity index (χ4n) is 4.21. The van der Waals surface area contributed by atoms with E-state index in [0.29, 0.717) is 18.3 Å². The first-order valence-electron chi connectivity index (χ1n) is 12.7. The van der Waals surface area contributed by atoms with Gasteiger partial charge in [-0.3, -0.25) is 14.6 Å². The number of nitrogens with zero attached hydrogens (tertiary/aromatic N) is 3. The summed E-state index contributed by atoms with van der Waals surface area (Å²) in [6.45, 7) is 10.6. The smallest absolute Gasteiger partial charge is 0.233 e. The van der Waals surface area contributed by atoms with Crippen LogP contribution in [0.5, 0.6) is 5.75 Å². The number of aromatic nitrogens is 1. The molecule has 1 saturated heterocycles. The number of anilines is 1. The third kappa shape index (κ3) is 6.87. The highest BCUT2D eigenvalue weighted by Gasteiger charge is 2.22. The van der Waals surface area contributed by atoms with Crippen molar-refractivity contribution in [3.05, 3.63) is 48.0 Å². The first-order valence-corrected chi connectivity index (χ1v) is 15.1. The highest BCUT2D eigenvalue weighted by Crippen LogP contribution is 2.32. The maximum absolute atomic E-state index is 13.5. The molecule has 10 heteroatoms. The van der Waals surface area contributed by atoms with E-state index >= 15 is 0 Å². The Hall–Kier alpha value is -2.53. The molecular formula is C27H35N3O5S2. The molecule has 0 bridgehead atoms. The Labute approximate surface area is 223 Å². The zero-order valence-corrected chi connectivity index (χ0v) is 23.3. The molecule has 0 saturated carbocycles. The van der Waals surface area contributed by atoms with Crippen LogP contribution in [-0.2, 0) is 25.8 Å². The van der Waals surface area contributed by atoms with Gasteiger partial charge < -0.3 is 9.47 Å². The molecule has 37 heavy (non-hydrogen) atoms. The number of ether oxygens (including phenoxy) is 2. The van der Waals surface area contributed by atoms with E-state index in [1.165, 1.54) is 11.3 Å². The SMILES string of the molecule is CCOc1ccc2nc(N(CCCN3CCOCC3)C(=O)Cc3ccc(S(=O)(=O)C(C)C)cc3)sc2c1. The molecule has 0 spiro atoms. The molecule has 3 aromatic rings. The topological polar surface area (TPSA) is 89.0 Å². The molecule has 0 unspecified atom stereocenters. The number of rotatable bonds is 11. The zero-order chi connectivity index (χ0) is 26.4. The van der Waals surface area contributed by atoms with Crippen molar-refractivity contribution in [3.63, 3.8) is 0 Å². The molecule has 1 aliphatic rings. The van der Waals surface area contributed by atoms with Crippen molar-refractivity contribution < 1.29 is 22.7 Å². The highest BCUT2D eigenvalue weighted by molar-refractivity contribution is 7.92. The molecule has 2 aromatic carbocycles. The molecule has 8 nitrogen and oxygen atoms in total. The van der Waals surface area contributed by atoms with Gasteiger partial charge in [-0.1, -0.05) is 23.5 Å². The van der Waals surface area contributed by atoms with Gasteiger partial charge in [-0.25, -0.2) is 13.4 Å². The minimum atomic E-state index is -3.35. The lowest BCUT2D eigenvalue weighted by atomic mass is 10.1. The molecule has 1 aliphatic heterocycles. The van der Waals surface area contributed by atoms with E-state index in [2.05, 4.69) is 4.90 Å². The summed E-state index contributed by atoms with van der Waals surface area (Å²) in [6, 6.07) is 12.4. The van der Waals surface area contributed by atoms with E-state index in [1.807, 2.05) is 25.1 Å². The second-order valence-electron chi connectivity index (χ2n) is 9.33. The summed E-state index contributed by atoms with van der Waals surface area (Å²) in [6.07, 6.45) is 0.983. The molecule has 4 rings (SSSR count). The number of fused-ring (bicyclic) bond motifs is 1. The summed E-state index contributed by atoms with van der Waals surface area (Å²) in [5.74, 6) is 0.720. The number of carbonyl (C=O) groups excluding carboxylic acids is 1. The first kappa shape index (κ1) is 27.5. The second-order valence-corrected chi connectivity index (χ2v) is 12.8. The van der Waals surface area contributed by atoms with Crippen LogP contribution in [0.2, 0.25) is 0 Å². The maximum Gasteiger partial charge on any atom is 0.233 e. The lowest BCUT2D eigenvalue weighted by molar-refractivity contribution is -0.118. The number of amides is 1. The molecule has 1 aromatic heterocycles. The van der Waals surface area contributed by atoms with Crippen LogP contribution in [-0.4, -0.2) is 75.5 Å². The number of sulfone groups is 1. The molecule has 0 radical (unpaired) electrons. The summed E-state index contributed by atoms with van der Waals surface area (Å²) < 4.78 is 36.9. The van der Waals surface area contributed by atoms with Crippen molar-refractivity contribution in [2.75, 3.05) is 50.9 Å². The first-order chi connectivity index (χ1) is 17.8. The van der Waals surface area contributed by atoms with E-state index in [9.17, 15) is 13.2 Å². The Bertz CT molecular complexity index is 1300. The van der Waals surface area contributed by atoms with E-state index in [0.717, 1.165) is 60.8 Å². The van der Waals surface area contributed by atoms with E-state index in [-0.39, 0.29) is 17.2 Å². The molecular weight excluding hydrogens is 510 g/mol. The third-order valence-electron chi connectivity index (χ3n) is 6.38. The molecule has 0 N–H and O–H groups in total. The number of thiazole rings is 1. The average molecular weight is 546 g/mol. The molecule has 1 fully saturated rings. The minimum absolute atomic E-state index is 0.0643. The average Bonchev–Trinajstić information content (AvgIpc) is 3.30. The monoisotopic (exact) mass is 545 g/mol. The van der Waals surface area contributed by atoms with Crippen LogP contribution in [0, 0.1) is 0 Å². The van der Waals surface area contributed by atoms with Crippen molar-refractivity contribution in [1.82, 2.24) is 9.88 Å². The molecule has 2 heterocycles. The van der Waals surface area contributed by atoms with Gasteiger partial charge in [0.25, 0.3) is 0 Å². The number of hydrogen-bond acceptors (Lipinski definition) is 8. The van der Waals surface area contributed by atoms with E-state index in [4.69, 9.17) is 14.5 Å². The van der Waals surface area contributed by atoms with Gasteiger partial charge in [0.1, 0.15) is 5.75 Å². The van der Waals surface area contributed by atoms with Crippen LogP contribution in [0.3, 0.4) is 0 Å². The quantitative estimate of drug-likeness (QED) is 0.357. The summed E-state index contributed by atoms with van der Waals surface area (Å²) in [4.78, 5) is 22.7. The van der Waals surface area contributed by atoms with Crippen LogP contribution >= 0.6 is 11.3 Å². The maximum atomic E-state index is 13.5.